The highest BCUT2D eigenvalue weighted by atomic mass is 35.5. The van der Waals surface area contributed by atoms with Crippen molar-refractivity contribution in [1.82, 2.24) is 5.32 Å². The molecule has 0 amide bonds. The van der Waals surface area contributed by atoms with E-state index in [9.17, 15) is 0 Å². The number of halogens is 1. The molecule has 1 N–H and O–H groups in total. The lowest BCUT2D eigenvalue weighted by molar-refractivity contribution is 0.767. The second-order valence-electron chi connectivity index (χ2n) is 3.78. The lowest BCUT2D eigenvalue weighted by atomic mass is 10.0. The van der Waals surface area contributed by atoms with Gasteiger partial charge in [-0.05, 0) is 42.2 Å². The van der Waals surface area contributed by atoms with Gasteiger partial charge in [0, 0.05) is 11.4 Å². The number of aryl methyl sites for hydroxylation is 1. The lowest BCUT2D eigenvalue weighted by Gasteiger charge is -2.16. The van der Waals surface area contributed by atoms with Crippen molar-refractivity contribution in [2.24, 2.45) is 0 Å². The molecule has 0 saturated heterocycles. The third kappa shape index (κ3) is 3.13. The topological polar surface area (TPSA) is 12.0 Å². The first kappa shape index (κ1) is 11.3. The van der Waals surface area contributed by atoms with Crippen molar-refractivity contribution >= 4 is 23.4 Å². The van der Waals surface area contributed by atoms with Crippen LogP contribution in [0.25, 0.3) is 0 Å². The summed E-state index contributed by atoms with van der Waals surface area (Å²) in [7, 11) is 0. The average molecular weight is 242 g/mol. The van der Waals surface area contributed by atoms with Gasteiger partial charge in [0.05, 0.1) is 6.00 Å². The van der Waals surface area contributed by atoms with E-state index in [1.807, 2.05) is 11.8 Å². The molecule has 0 fully saturated rings. The quantitative estimate of drug-likeness (QED) is 0.494. The summed E-state index contributed by atoms with van der Waals surface area (Å²) < 4.78 is 0. The van der Waals surface area contributed by atoms with Gasteiger partial charge in [0.15, 0.2) is 0 Å². The molecule has 15 heavy (non-hydrogen) atoms. The van der Waals surface area contributed by atoms with E-state index in [2.05, 4.69) is 23.5 Å². The largest absolute Gasteiger partial charge is 0.304 e. The molecule has 1 heterocycles. The van der Waals surface area contributed by atoms with Crippen LogP contribution in [0.5, 0.6) is 0 Å². The molecule has 1 aliphatic rings. The maximum atomic E-state index is 5.57. The summed E-state index contributed by atoms with van der Waals surface area (Å²) in [5, 5.41) is 3.14. The van der Waals surface area contributed by atoms with Crippen molar-refractivity contribution in [2.75, 3.05) is 18.3 Å². The smallest absolute Gasteiger partial charge is 0.0713 e. The van der Waals surface area contributed by atoms with Gasteiger partial charge in [-0.3, -0.25) is 0 Å². The number of alkyl halides is 1. The minimum absolute atomic E-state index is 0.542. The van der Waals surface area contributed by atoms with Crippen LogP contribution < -0.4 is 5.32 Å². The van der Waals surface area contributed by atoms with Crippen molar-refractivity contribution in [3.05, 3.63) is 29.3 Å². The van der Waals surface area contributed by atoms with Crippen LogP contribution in [-0.4, -0.2) is 18.3 Å². The first-order valence-electron chi connectivity index (χ1n) is 5.41. The number of benzene rings is 1. The molecule has 1 aromatic rings. The second kappa shape index (κ2) is 5.78. The van der Waals surface area contributed by atoms with Gasteiger partial charge in [-0.25, -0.2) is 0 Å². The monoisotopic (exact) mass is 241 g/mol. The summed E-state index contributed by atoms with van der Waals surface area (Å²) in [6, 6.07) is 7.42. The van der Waals surface area contributed by atoms with Crippen LogP contribution in [0, 0.1) is 0 Å². The van der Waals surface area contributed by atoms with E-state index < -0.39 is 0 Å². The molecule has 0 bridgehead atoms. The summed E-state index contributed by atoms with van der Waals surface area (Å²) >= 11 is 7.56. The molecule has 1 aliphatic heterocycles. The molecule has 0 atom stereocenters. The zero-order valence-electron chi connectivity index (χ0n) is 8.76. The number of thioether (sulfide) groups is 1. The molecule has 1 aromatic carbocycles. The van der Waals surface area contributed by atoms with Gasteiger partial charge in [0.2, 0.25) is 0 Å². The Morgan fingerprint density at radius 1 is 1.40 bits per heavy atom. The molecule has 0 radical (unpaired) electrons. The third-order valence-corrected chi connectivity index (χ3v) is 4.05. The number of hydrogen-bond acceptors (Lipinski definition) is 2. The average Bonchev–Trinajstić information content (AvgIpc) is 2.29. The summed E-state index contributed by atoms with van der Waals surface area (Å²) in [5.41, 5.74) is 2.96. The van der Waals surface area contributed by atoms with Gasteiger partial charge < -0.3 is 5.32 Å². The number of rotatable bonds is 4. The molecule has 0 unspecified atom stereocenters. The highest BCUT2D eigenvalue weighted by Gasteiger charge is 2.09. The molecule has 82 valence electrons. The first-order valence-corrected chi connectivity index (χ1v) is 6.93. The standard InChI is InChI=1S/C12H16ClNS/c13-9-14-6-5-10-3-4-12-11(8-10)2-1-7-15-12/h3-4,8,14H,1-2,5-7,9H2. The molecule has 0 aliphatic carbocycles. The van der Waals surface area contributed by atoms with E-state index >= 15 is 0 Å². The van der Waals surface area contributed by atoms with Crippen molar-refractivity contribution in [1.29, 1.82) is 0 Å². The fourth-order valence-electron chi connectivity index (χ4n) is 1.87. The van der Waals surface area contributed by atoms with Gasteiger partial charge in [0.25, 0.3) is 0 Å². The highest BCUT2D eigenvalue weighted by molar-refractivity contribution is 7.99. The molecule has 1 nitrogen and oxygen atoms in total. The Hall–Kier alpha value is -0.180. The SMILES string of the molecule is ClCNCCc1ccc2c(c1)CCCS2. The van der Waals surface area contributed by atoms with Crippen LogP contribution in [0.1, 0.15) is 17.5 Å². The second-order valence-corrected chi connectivity index (χ2v) is 5.18. The van der Waals surface area contributed by atoms with Crippen LogP contribution in [0.15, 0.2) is 23.1 Å². The molecular formula is C12H16ClNS. The minimum Gasteiger partial charge on any atom is -0.304 e. The Labute approximate surface area is 101 Å². The van der Waals surface area contributed by atoms with Gasteiger partial charge in [0.1, 0.15) is 0 Å². The van der Waals surface area contributed by atoms with Crippen molar-refractivity contribution < 1.29 is 0 Å². The Balaban J connectivity index is 2.00. The summed E-state index contributed by atoms with van der Waals surface area (Å²) in [6.07, 6.45) is 3.64. The summed E-state index contributed by atoms with van der Waals surface area (Å²) in [6.45, 7) is 0.968. The van der Waals surface area contributed by atoms with Crippen LogP contribution >= 0.6 is 23.4 Å². The maximum absolute atomic E-state index is 5.57. The number of nitrogens with one attached hydrogen (secondary N) is 1. The Kier molecular flexibility index (Phi) is 4.36. The van der Waals surface area contributed by atoms with E-state index in [-0.39, 0.29) is 0 Å². The molecule has 3 heteroatoms. The van der Waals surface area contributed by atoms with E-state index in [4.69, 9.17) is 11.6 Å². The van der Waals surface area contributed by atoms with Gasteiger partial charge >= 0.3 is 0 Å². The normalized spacial score (nSPS) is 15.0. The van der Waals surface area contributed by atoms with Crippen LogP contribution in [0.2, 0.25) is 0 Å². The van der Waals surface area contributed by atoms with Gasteiger partial charge in [-0.1, -0.05) is 12.1 Å². The Bertz CT molecular complexity index is 327. The predicted octanol–water partition coefficient (Wildman–Crippen LogP) is 3.05. The number of fused-ring (bicyclic) bond motifs is 1. The minimum atomic E-state index is 0.542. The molecule has 0 spiro atoms. The van der Waals surface area contributed by atoms with E-state index in [1.165, 1.54) is 34.6 Å². The van der Waals surface area contributed by atoms with Crippen LogP contribution in [0.4, 0.5) is 0 Å². The first-order chi connectivity index (χ1) is 7.40. The van der Waals surface area contributed by atoms with Crippen molar-refractivity contribution in [3.63, 3.8) is 0 Å². The van der Waals surface area contributed by atoms with Crippen LogP contribution in [0.3, 0.4) is 0 Å². The Morgan fingerprint density at radius 2 is 2.33 bits per heavy atom. The zero-order chi connectivity index (χ0) is 10.5. The predicted molar refractivity (Wildman–Crippen MR) is 67.9 cm³/mol. The fourth-order valence-corrected chi connectivity index (χ4v) is 3.02. The Morgan fingerprint density at radius 3 is 3.20 bits per heavy atom. The van der Waals surface area contributed by atoms with E-state index in [0.29, 0.717) is 6.00 Å². The van der Waals surface area contributed by atoms with Crippen LogP contribution in [-0.2, 0) is 12.8 Å². The molecular weight excluding hydrogens is 226 g/mol. The lowest BCUT2D eigenvalue weighted by Crippen LogP contribution is -2.14. The highest BCUT2D eigenvalue weighted by Crippen LogP contribution is 2.30. The third-order valence-electron chi connectivity index (χ3n) is 2.66. The van der Waals surface area contributed by atoms with E-state index in [1.54, 1.807) is 0 Å². The molecule has 0 saturated carbocycles. The van der Waals surface area contributed by atoms with Gasteiger partial charge in [-0.15, -0.1) is 23.4 Å². The zero-order valence-corrected chi connectivity index (χ0v) is 10.3. The van der Waals surface area contributed by atoms with E-state index in [0.717, 1.165) is 13.0 Å². The molecule has 2 rings (SSSR count). The fraction of sp³-hybridized carbons (Fsp3) is 0.500. The number of hydrogen-bond donors (Lipinski definition) is 1. The summed E-state index contributed by atoms with van der Waals surface area (Å²) in [4.78, 5) is 1.48. The van der Waals surface area contributed by atoms with Gasteiger partial charge in [-0.2, -0.15) is 0 Å². The van der Waals surface area contributed by atoms with Crippen molar-refractivity contribution in [2.45, 2.75) is 24.2 Å². The summed E-state index contributed by atoms with van der Waals surface area (Å²) in [5.74, 6) is 1.28. The maximum Gasteiger partial charge on any atom is 0.0713 e. The molecule has 0 aromatic heterocycles. The van der Waals surface area contributed by atoms with Crippen molar-refractivity contribution in [3.8, 4) is 0 Å².